The van der Waals surface area contributed by atoms with E-state index in [-0.39, 0.29) is 17.2 Å². The zero-order valence-corrected chi connectivity index (χ0v) is 13.8. The van der Waals surface area contributed by atoms with Crippen LogP contribution in [0, 0.1) is 0 Å². The zero-order valence-electron chi connectivity index (χ0n) is 13.0. The molecule has 0 saturated carbocycles. The van der Waals surface area contributed by atoms with E-state index >= 15 is 0 Å². The summed E-state index contributed by atoms with van der Waals surface area (Å²) in [6, 6.07) is 15.5. The molecule has 2 rings (SSSR count). The molecule has 0 radical (unpaired) electrons. The molecule has 5 nitrogen and oxygen atoms in total. The number of rotatable bonds is 7. The van der Waals surface area contributed by atoms with Crippen LogP contribution in [0.15, 0.2) is 72.7 Å². The second kappa shape index (κ2) is 8.12. The lowest BCUT2D eigenvalue weighted by molar-refractivity contribution is 0.0959. The van der Waals surface area contributed by atoms with Gasteiger partial charge in [0.2, 0.25) is 0 Å². The second-order valence-corrected chi connectivity index (χ2v) is 6.47. The number of nitrogens with one attached hydrogen (secondary N) is 2. The summed E-state index contributed by atoms with van der Waals surface area (Å²) in [6.07, 6.45) is 3.04. The molecule has 0 aliphatic heterocycles. The fourth-order valence-corrected chi connectivity index (χ4v) is 2.84. The van der Waals surface area contributed by atoms with E-state index in [0.717, 1.165) is 11.0 Å². The minimum Gasteiger partial charge on any atom is -0.349 e. The van der Waals surface area contributed by atoms with Gasteiger partial charge in [-0.15, -0.1) is 6.58 Å². The average molecular weight is 342 g/mol. The van der Waals surface area contributed by atoms with E-state index in [1.54, 1.807) is 36.4 Å². The van der Waals surface area contributed by atoms with Crippen LogP contribution in [-0.4, -0.2) is 20.9 Å². The Balaban J connectivity index is 2.19. The van der Waals surface area contributed by atoms with E-state index in [2.05, 4.69) is 16.6 Å². The summed E-state index contributed by atoms with van der Waals surface area (Å²) in [5.41, 5.74) is 1.23. The molecule has 124 valence electrons. The summed E-state index contributed by atoms with van der Waals surface area (Å²) in [5.74, 6) is -0.375. The summed E-state index contributed by atoms with van der Waals surface area (Å²) in [7, 11) is -3.74. The lowest BCUT2D eigenvalue weighted by atomic mass is 10.1. The van der Waals surface area contributed by atoms with E-state index in [1.807, 2.05) is 18.2 Å². The van der Waals surface area contributed by atoms with Crippen LogP contribution in [-0.2, 0) is 10.0 Å². The van der Waals surface area contributed by atoms with Gasteiger partial charge in [0, 0.05) is 6.54 Å². The number of anilines is 1. The molecule has 0 spiro atoms. The fraction of sp³-hybridized carbons (Fsp3) is 0.0556. The molecule has 0 bridgehead atoms. The van der Waals surface area contributed by atoms with Gasteiger partial charge in [-0.25, -0.2) is 8.42 Å². The van der Waals surface area contributed by atoms with Crippen LogP contribution in [0.5, 0.6) is 0 Å². The lowest BCUT2D eigenvalue weighted by Crippen LogP contribution is -2.24. The summed E-state index contributed by atoms with van der Waals surface area (Å²) in [6.45, 7) is 3.83. The number of para-hydroxylation sites is 1. The number of carbonyl (C=O) groups excluding carboxylic acids is 1. The van der Waals surface area contributed by atoms with Gasteiger partial charge in [0.05, 0.1) is 16.7 Å². The number of benzene rings is 2. The Kier molecular flexibility index (Phi) is 5.92. The number of sulfonamides is 1. The molecule has 0 aliphatic rings. The molecule has 0 aromatic heterocycles. The second-order valence-electron chi connectivity index (χ2n) is 4.90. The van der Waals surface area contributed by atoms with E-state index < -0.39 is 10.0 Å². The molecule has 24 heavy (non-hydrogen) atoms. The van der Waals surface area contributed by atoms with Crippen LogP contribution < -0.4 is 10.0 Å². The number of hydrogen-bond acceptors (Lipinski definition) is 3. The van der Waals surface area contributed by atoms with Gasteiger partial charge in [0.15, 0.2) is 0 Å². The molecule has 0 aliphatic carbocycles. The molecule has 0 atom stereocenters. The standard InChI is InChI=1S/C18H18N2O3S/c1-2-13-19-18(21)16-10-6-7-11-17(16)20-24(22,23)14-12-15-8-4-3-5-9-15/h2-12,14,20H,1,13H2,(H,19,21)/b14-12+. The SMILES string of the molecule is C=CCNC(=O)c1ccccc1NS(=O)(=O)/C=C/c1ccccc1. The Morgan fingerprint density at radius 2 is 1.71 bits per heavy atom. The molecular formula is C18H18N2O3S. The molecule has 6 heteroatoms. The fourth-order valence-electron chi connectivity index (χ4n) is 1.95. The summed E-state index contributed by atoms with van der Waals surface area (Å²) < 4.78 is 26.8. The van der Waals surface area contributed by atoms with E-state index in [0.29, 0.717) is 6.54 Å². The molecule has 0 saturated heterocycles. The highest BCUT2D eigenvalue weighted by molar-refractivity contribution is 7.95. The van der Waals surface area contributed by atoms with Crippen LogP contribution in [0.3, 0.4) is 0 Å². The van der Waals surface area contributed by atoms with Crippen molar-refractivity contribution in [1.29, 1.82) is 0 Å². The van der Waals surface area contributed by atoms with Crippen LogP contribution in [0.1, 0.15) is 15.9 Å². The van der Waals surface area contributed by atoms with Crippen LogP contribution in [0.2, 0.25) is 0 Å². The van der Waals surface area contributed by atoms with Crippen LogP contribution in [0.4, 0.5) is 5.69 Å². The highest BCUT2D eigenvalue weighted by Gasteiger charge is 2.14. The molecule has 0 heterocycles. The first kappa shape index (κ1) is 17.5. The number of carbonyl (C=O) groups is 1. The Morgan fingerprint density at radius 3 is 2.42 bits per heavy atom. The number of hydrogen-bond donors (Lipinski definition) is 2. The van der Waals surface area contributed by atoms with E-state index in [1.165, 1.54) is 12.1 Å². The van der Waals surface area contributed by atoms with Crippen molar-refractivity contribution >= 4 is 27.7 Å². The third kappa shape index (κ3) is 5.10. The third-order valence-electron chi connectivity index (χ3n) is 3.07. The Hall–Kier alpha value is -2.86. The first-order chi connectivity index (χ1) is 11.5. The topological polar surface area (TPSA) is 75.3 Å². The van der Waals surface area contributed by atoms with Gasteiger partial charge in [0.1, 0.15) is 0 Å². The molecule has 2 N–H and O–H groups in total. The van der Waals surface area contributed by atoms with Gasteiger partial charge < -0.3 is 5.32 Å². The largest absolute Gasteiger partial charge is 0.349 e. The van der Waals surface area contributed by atoms with Crippen molar-refractivity contribution in [3.63, 3.8) is 0 Å². The molecular weight excluding hydrogens is 324 g/mol. The highest BCUT2D eigenvalue weighted by Crippen LogP contribution is 2.17. The Morgan fingerprint density at radius 1 is 1.04 bits per heavy atom. The Labute approximate surface area is 141 Å². The van der Waals surface area contributed by atoms with Gasteiger partial charge in [-0.3, -0.25) is 9.52 Å². The van der Waals surface area contributed by atoms with Crippen molar-refractivity contribution in [2.45, 2.75) is 0 Å². The van der Waals surface area contributed by atoms with Crippen molar-refractivity contribution in [2.75, 3.05) is 11.3 Å². The van der Waals surface area contributed by atoms with Gasteiger partial charge in [0.25, 0.3) is 15.9 Å². The van der Waals surface area contributed by atoms with Gasteiger partial charge in [-0.05, 0) is 23.8 Å². The summed E-state index contributed by atoms with van der Waals surface area (Å²) >= 11 is 0. The zero-order chi connectivity index (χ0) is 17.4. The van der Waals surface area contributed by atoms with Crippen LogP contribution in [0.25, 0.3) is 6.08 Å². The minimum atomic E-state index is -3.74. The number of amides is 1. The molecule has 0 fully saturated rings. The molecule has 2 aromatic carbocycles. The average Bonchev–Trinajstić information content (AvgIpc) is 2.59. The molecule has 2 aromatic rings. The smallest absolute Gasteiger partial charge is 0.255 e. The van der Waals surface area contributed by atoms with Crippen LogP contribution >= 0.6 is 0 Å². The van der Waals surface area contributed by atoms with Crippen molar-refractivity contribution in [1.82, 2.24) is 5.32 Å². The van der Waals surface area contributed by atoms with Gasteiger partial charge in [-0.1, -0.05) is 48.5 Å². The van der Waals surface area contributed by atoms with Crippen molar-refractivity contribution in [3.8, 4) is 0 Å². The van der Waals surface area contributed by atoms with Gasteiger partial charge >= 0.3 is 0 Å². The Bertz CT molecular complexity index is 844. The molecule has 1 amide bonds. The monoisotopic (exact) mass is 342 g/mol. The van der Waals surface area contributed by atoms with Crippen molar-refractivity contribution < 1.29 is 13.2 Å². The lowest BCUT2D eigenvalue weighted by Gasteiger charge is -2.10. The van der Waals surface area contributed by atoms with E-state index in [4.69, 9.17) is 0 Å². The third-order valence-corrected chi connectivity index (χ3v) is 4.07. The highest BCUT2D eigenvalue weighted by atomic mass is 32.2. The predicted molar refractivity (Wildman–Crippen MR) is 97.0 cm³/mol. The predicted octanol–water partition coefficient (Wildman–Crippen LogP) is 3.02. The first-order valence-corrected chi connectivity index (χ1v) is 8.80. The maximum atomic E-state index is 12.2. The molecule has 0 unspecified atom stereocenters. The maximum absolute atomic E-state index is 12.2. The van der Waals surface area contributed by atoms with Crippen molar-refractivity contribution in [2.24, 2.45) is 0 Å². The van der Waals surface area contributed by atoms with E-state index in [9.17, 15) is 13.2 Å². The van der Waals surface area contributed by atoms with Crippen molar-refractivity contribution in [3.05, 3.63) is 83.8 Å². The quantitative estimate of drug-likeness (QED) is 0.760. The first-order valence-electron chi connectivity index (χ1n) is 7.26. The summed E-state index contributed by atoms with van der Waals surface area (Å²) in [5, 5.41) is 3.69. The minimum absolute atomic E-state index is 0.219. The summed E-state index contributed by atoms with van der Waals surface area (Å²) in [4.78, 5) is 12.1. The van der Waals surface area contributed by atoms with Gasteiger partial charge in [-0.2, -0.15) is 0 Å². The normalized spacial score (nSPS) is 11.2. The maximum Gasteiger partial charge on any atom is 0.255 e.